The van der Waals surface area contributed by atoms with E-state index in [1.807, 2.05) is 0 Å². The Morgan fingerprint density at radius 2 is 1.89 bits per heavy atom. The highest BCUT2D eigenvalue weighted by Gasteiger charge is 1.95. The van der Waals surface area contributed by atoms with Crippen molar-refractivity contribution in [3.63, 3.8) is 0 Å². The maximum Gasteiger partial charge on any atom is 0.300 e. The summed E-state index contributed by atoms with van der Waals surface area (Å²) >= 11 is 11.6. The van der Waals surface area contributed by atoms with E-state index in [0.29, 0.717) is 10.0 Å². The van der Waals surface area contributed by atoms with Gasteiger partial charge in [0.05, 0.1) is 6.54 Å². The van der Waals surface area contributed by atoms with Crippen molar-refractivity contribution < 1.29 is 9.90 Å². The van der Waals surface area contributed by atoms with E-state index < -0.39 is 5.97 Å². The fourth-order valence-electron chi connectivity index (χ4n) is 0.899. The van der Waals surface area contributed by atoms with Crippen LogP contribution < -0.4 is 5.73 Å². The summed E-state index contributed by atoms with van der Waals surface area (Å²) in [6.45, 7) is 1.27. The Balaban J connectivity index is 0.000000631. The van der Waals surface area contributed by atoms with Crippen molar-refractivity contribution in [2.24, 2.45) is 10.7 Å². The largest absolute Gasteiger partial charge is 0.481 e. The van der Waals surface area contributed by atoms with E-state index in [4.69, 9.17) is 44.2 Å². The second-order valence-electron chi connectivity index (χ2n) is 3.22. The Labute approximate surface area is 115 Å². The molecule has 5 nitrogen and oxygen atoms in total. The quantitative estimate of drug-likeness (QED) is 0.588. The Morgan fingerprint density at radius 3 is 2.28 bits per heavy atom. The van der Waals surface area contributed by atoms with Gasteiger partial charge in [-0.25, -0.2) is 0 Å². The normalized spacial score (nSPS) is 9.72. The zero-order valence-corrected chi connectivity index (χ0v) is 11.2. The van der Waals surface area contributed by atoms with Gasteiger partial charge in [-0.2, -0.15) is 0 Å². The molecule has 0 aliphatic carbocycles. The number of hydrogen-bond acceptors (Lipinski definition) is 3. The lowest BCUT2D eigenvalue weighted by Gasteiger charge is -1.96. The van der Waals surface area contributed by atoms with Crippen LogP contribution in [0.5, 0.6) is 0 Å². The summed E-state index contributed by atoms with van der Waals surface area (Å²) < 4.78 is 0. The van der Waals surface area contributed by atoms with E-state index in [9.17, 15) is 0 Å². The van der Waals surface area contributed by atoms with Gasteiger partial charge >= 0.3 is 0 Å². The van der Waals surface area contributed by atoms with Gasteiger partial charge in [-0.05, 0) is 23.8 Å². The number of nitrogens with zero attached hydrogens (tertiary/aromatic N) is 1. The molecule has 1 aromatic carbocycles. The van der Waals surface area contributed by atoms with E-state index >= 15 is 0 Å². The van der Waals surface area contributed by atoms with Crippen molar-refractivity contribution in [1.29, 1.82) is 5.41 Å². The molecule has 0 aliphatic rings. The summed E-state index contributed by atoms with van der Waals surface area (Å²) in [7, 11) is 0. The molecular formula is C11H13Cl2N3O2. The molecule has 0 fully saturated rings. The van der Waals surface area contributed by atoms with Crippen LogP contribution in [0.15, 0.2) is 23.2 Å². The molecule has 98 valence electrons. The minimum atomic E-state index is -0.833. The monoisotopic (exact) mass is 289 g/mol. The van der Waals surface area contributed by atoms with Gasteiger partial charge < -0.3 is 10.8 Å². The molecule has 0 unspecified atom stereocenters. The molecular weight excluding hydrogens is 277 g/mol. The van der Waals surface area contributed by atoms with Crippen LogP contribution in [0, 0.1) is 5.41 Å². The predicted octanol–water partition coefficient (Wildman–Crippen LogP) is 2.44. The molecule has 4 N–H and O–H groups in total. The zero-order valence-electron chi connectivity index (χ0n) is 9.65. The van der Waals surface area contributed by atoms with Gasteiger partial charge in [-0.3, -0.25) is 15.2 Å². The second kappa shape index (κ2) is 8.49. The standard InChI is InChI=1S/C9H9Cl2N3.C2H4O2/c10-7-1-6(2-8(11)3-7)4-14-5-9(12)13;1-2(3)4/h1-4H,5H2,(H3,12,13);1H3,(H,3,4). The maximum atomic E-state index is 9.00. The average molecular weight is 290 g/mol. The van der Waals surface area contributed by atoms with Crippen molar-refractivity contribution in [3.05, 3.63) is 33.8 Å². The number of nitrogens with one attached hydrogen (secondary N) is 1. The summed E-state index contributed by atoms with van der Waals surface area (Å²) in [5, 5.41) is 15.5. The topological polar surface area (TPSA) is 99.5 Å². The van der Waals surface area contributed by atoms with Crippen LogP contribution >= 0.6 is 23.2 Å². The van der Waals surface area contributed by atoms with Gasteiger partial charge in [0, 0.05) is 23.2 Å². The number of halogens is 2. The molecule has 1 rings (SSSR count). The molecule has 0 aromatic heterocycles. The lowest BCUT2D eigenvalue weighted by atomic mass is 10.2. The third-order valence-corrected chi connectivity index (χ3v) is 1.82. The molecule has 0 saturated carbocycles. The average Bonchev–Trinajstić information content (AvgIpc) is 2.13. The number of benzene rings is 1. The van der Waals surface area contributed by atoms with E-state index in [0.717, 1.165) is 12.5 Å². The van der Waals surface area contributed by atoms with Crippen molar-refractivity contribution in [1.82, 2.24) is 0 Å². The highest BCUT2D eigenvalue weighted by atomic mass is 35.5. The number of amidine groups is 1. The molecule has 0 saturated heterocycles. The van der Waals surface area contributed by atoms with E-state index in [1.165, 1.54) is 0 Å². The SMILES string of the molecule is CC(=O)O.N=C(N)CN=Cc1cc(Cl)cc(Cl)c1. The van der Waals surface area contributed by atoms with Gasteiger partial charge in [-0.1, -0.05) is 23.2 Å². The highest BCUT2D eigenvalue weighted by Crippen LogP contribution is 2.17. The minimum absolute atomic E-state index is 0.0226. The van der Waals surface area contributed by atoms with Gasteiger partial charge in [0.25, 0.3) is 5.97 Å². The van der Waals surface area contributed by atoms with Crippen LogP contribution in [-0.2, 0) is 4.79 Å². The summed E-state index contributed by atoms with van der Waals surface area (Å²) in [5.74, 6) is -0.811. The second-order valence-corrected chi connectivity index (χ2v) is 4.09. The molecule has 0 amide bonds. The molecule has 0 heterocycles. The van der Waals surface area contributed by atoms with E-state index in [2.05, 4.69) is 4.99 Å². The third kappa shape index (κ3) is 9.62. The van der Waals surface area contributed by atoms with Gasteiger partial charge in [0.15, 0.2) is 0 Å². The van der Waals surface area contributed by atoms with Gasteiger partial charge in [0.1, 0.15) is 5.84 Å². The Hall–Kier alpha value is -1.59. The molecule has 0 aliphatic heterocycles. The van der Waals surface area contributed by atoms with Crippen LogP contribution in [0.3, 0.4) is 0 Å². The number of hydrogen-bond donors (Lipinski definition) is 3. The number of aliphatic imine (C=N–C) groups is 1. The number of carboxylic acids is 1. The first-order valence-corrected chi connectivity index (χ1v) is 5.55. The molecule has 7 heteroatoms. The lowest BCUT2D eigenvalue weighted by Crippen LogP contribution is -2.12. The van der Waals surface area contributed by atoms with Crippen molar-refractivity contribution in [2.45, 2.75) is 6.92 Å². The molecule has 0 bridgehead atoms. The minimum Gasteiger partial charge on any atom is -0.481 e. The van der Waals surface area contributed by atoms with Crippen molar-refractivity contribution in [3.8, 4) is 0 Å². The van der Waals surface area contributed by atoms with E-state index in [-0.39, 0.29) is 12.4 Å². The number of nitrogens with two attached hydrogens (primary N) is 1. The van der Waals surface area contributed by atoms with E-state index in [1.54, 1.807) is 24.4 Å². The van der Waals surface area contributed by atoms with Gasteiger partial charge in [-0.15, -0.1) is 0 Å². The Kier molecular flexibility index (Phi) is 7.74. The van der Waals surface area contributed by atoms with Crippen LogP contribution in [0.4, 0.5) is 0 Å². The lowest BCUT2D eigenvalue weighted by molar-refractivity contribution is -0.134. The number of rotatable bonds is 3. The van der Waals surface area contributed by atoms with Crippen molar-refractivity contribution >= 4 is 41.2 Å². The molecule has 18 heavy (non-hydrogen) atoms. The number of carboxylic acid groups (broad SMARTS) is 1. The highest BCUT2D eigenvalue weighted by molar-refractivity contribution is 6.35. The summed E-state index contributed by atoms with van der Waals surface area (Å²) in [6, 6.07) is 5.11. The maximum absolute atomic E-state index is 9.00. The van der Waals surface area contributed by atoms with Gasteiger partial charge in [0.2, 0.25) is 0 Å². The first-order chi connectivity index (χ1) is 8.31. The fourth-order valence-corrected chi connectivity index (χ4v) is 1.44. The van der Waals surface area contributed by atoms with Crippen molar-refractivity contribution in [2.75, 3.05) is 6.54 Å². The molecule has 0 atom stereocenters. The summed E-state index contributed by atoms with van der Waals surface area (Å²) in [6.07, 6.45) is 1.58. The number of aliphatic carboxylic acids is 1. The first-order valence-electron chi connectivity index (χ1n) is 4.79. The molecule has 0 spiro atoms. The number of carbonyl (C=O) groups is 1. The smallest absolute Gasteiger partial charge is 0.300 e. The van der Waals surface area contributed by atoms with Crippen LogP contribution in [0.2, 0.25) is 10.0 Å². The summed E-state index contributed by atoms with van der Waals surface area (Å²) in [5.41, 5.74) is 5.93. The zero-order chi connectivity index (χ0) is 14.1. The molecule has 0 radical (unpaired) electrons. The Bertz CT molecular complexity index is 437. The van der Waals surface area contributed by atoms with Crippen LogP contribution in [0.25, 0.3) is 0 Å². The third-order valence-electron chi connectivity index (χ3n) is 1.39. The Morgan fingerprint density at radius 1 is 1.44 bits per heavy atom. The predicted molar refractivity (Wildman–Crippen MR) is 74.1 cm³/mol. The van der Waals surface area contributed by atoms with Crippen LogP contribution in [-0.4, -0.2) is 29.7 Å². The molecule has 1 aromatic rings. The van der Waals surface area contributed by atoms with Crippen LogP contribution in [0.1, 0.15) is 12.5 Å². The summed E-state index contributed by atoms with van der Waals surface area (Å²) in [4.78, 5) is 12.9. The first kappa shape index (κ1) is 16.4. The fraction of sp³-hybridized carbons (Fsp3) is 0.182.